The van der Waals surface area contributed by atoms with Crippen LogP contribution in [0, 0.1) is 5.92 Å². The molecule has 1 atom stereocenters. The summed E-state index contributed by atoms with van der Waals surface area (Å²) in [6.45, 7) is 5.89. The van der Waals surface area contributed by atoms with Crippen molar-refractivity contribution in [2.24, 2.45) is 5.92 Å². The van der Waals surface area contributed by atoms with Gasteiger partial charge in [-0.1, -0.05) is 55.1 Å². The number of anilines is 1. The molecule has 2 nitrogen and oxygen atoms in total. The van der Waals surface area contributed by atoms with Crippen molar-refractivity contribution < 1.29 is 4.74 Å². The minimum absolute atomic E-state index is 0.593. The first-order valence-electron chi connectivity index (χ1n) is 6.79. The highest BCUT2D eigenvalue weighted by Crippen LogP contribution is 2.24. The van der Waals surface area contributed by atoms with Gasteiger partial charge >= 0.3 is 0 Å². The lowest BCUT2D eigenvalue weighted by molar-refractivity contribution is 0.0820. The van der Waals surface area contributed by atoms with Crippen LogP contribution in [0.1, 0.15) is 45.1 Å². The summed E-state index contributed by atoms with van der Waals surface area (Å²) in [7, 11) is 0. The Morgan fingerprint density at radius 2 is 2.11 bits per heavy atom. The molecule has 1 unspecified atom stereocenters. The zero-order chi connectivity index (χ0) is 13.4. The SMILES string of the molecule is CCCCC(CC)COCc1c(N)cccc1Br. The highest BCUT2D eigenvalue weighted by atomic mass is 79.9. The molecule has 0 fully saturated rings. The maximum Gasteiger partial charge on any atom is 0.0748 e. The average molecular weight is 314 g/mol. The molecular formula is C15H24BrNO. The molecule has 0 aliphatic rings. The van der Waals surface area contributed by atoms with E-state index in [2.05, 4.69) is 29.8 Å². The number of benzene rings is 1. The Balaban J connectivity index is 2.40. The van der Waals surface area contributed by atoms with Gasteiger partial charge in [-0.15, -0.1) is 0 Å². The van der Waals surface area contributed by atoms with Crippen molar-refractivity contribution in [3.63, 3.8) is 0 Å². The third-order valence-corrected chi connectivity index (χ3v) is 4.04. The number of rotatable bonds is 8. The van der Waals surface area contributed by atoms with E-state index >= 15 is 0 Å². The fourth-order valence-corrected chi connectivity index (χ4v) is 2.45. The van der Waals surface area contributed by atoms with E-state index in [1.165, 1.54) is 25.7 Å². The van der Waals surface area contributed by atoms with Crippen molar-refractivity contribution in [1.82, 2.24) is 0 Å². The number of halogens is 1. The van der Waals surface area contributed by atoms with Gasteiger partial charge in [0.1, 0.15) is 0 Å². The number of ether oxygens (including phenoxy) is 1. The molecule has 18 heavy (non-hydrogen) atoms. The molecular weight excluding hydrogens is 290 g/mol. The second kappa shape index (κ2) is 8.54. The summed E-state index contributed by atoms with van der Waals surface area (Å²) in [4.78, 5) is 0. The molecule has 1 aromatic carbocycles. The van der Waals surface area contributed by atoms with Crippen LogP contribution in [0.2, 0.25) is 0 Å². The summed E-state index contributed by atoms with van der Waals surface area (Å²) < 4.78 is 6.85. The van der Waals surface area contributed by atoms with E-state index in [-0.39, 0.29) is 0 Å². The first kappa shape index (κ1) is 15.5. The van der Waals surface area contributed by atoms with E-state index in [0.29, 0.717) is 12.5 Å². The molecule has 0 saturated carbocycles. The smallest absolute Gasteiger partial charge is 0.0748 e. The van der Waals surface area contributed by atoms with Crippen LogP contribution in [-0.2, 0) is 11.3 Å². The number of hydrogen-bond acceptors (Lipinski definition) is 2. The Kier molecular flexibility index (Phi) is 7.36. The van der Waals surface area contributed by atoms with Crippen molar-refractivity contribution in [3.8, 4) is 0 Å². The molecule has 3 heteroatoms. The van der Waals surface area contributed by atoms with Crippen molar-refractivity contribution in [2.75, 3.05) is 12.3 Å². The maximum absolute atomic E-state index is 5.94. The number of nitrogen functional groups attached to an aromatic ring is 1. The predicted octanol–water partition coefficient (Wildman–Crippen LogP) is 4.76. The van der Waals surface area contributed by atoms with Crippen LogP contribution >= 0.6 is 15.9 Å². The average Bonchev–Trinajstić information content (AvgIpc) is 2.36. The highest BCUT2D eigenvalue weighted by Gasteiger charge is 2.08. The van der Waals surface area contributed by atoms with E-state index in [1.807, 2.05) is 18.2 Å². The van der Waals surface area contributed by atoms with Gasteiger partial charge in [0.25, 0.3) is 0 Å². The lowest BCUT2D eigenvalue weighted by Crippen LogP contribution is -2.09. The lowest BCUT2D eigenvalue weighted by Gasteiger charge is -2.15. The largest absolute Gasteiger partial charge is 0.398 e. The molecule has 1 rings (SSSR count). The van der Waals surface area contributed by atoms with Gasteiger partial charge in [0.15, 0.2) is 0 Å². The number of hydrogen-bond donors (Lipinski definition) is 1. The summed E-state index contributed by atoms with van der Waals surface area (Å²) in [6.07, 6.45) is 5.00. The molecule has 0 aliphatic heterocycles. The summed E-state index contributed by atoms with van der Waals surface area (Å²) in [6, 6.07) is 5.86. The minimum Gasteiger partial charge on any atom is -0.398 e. The first-order valence-corrected chi connectivity index (χ1v) is 7.58. The normalized spacial score (nSPS) is 12.6. The molecule has 0 aliphatic carbocycles. The zero-order valence-electron chi connectivity index (χ0n) is 11.4. The highest BCUT2D eigenvalue weighted by molar-refractivity contribution is 9.10. The minimum atomic E-state index is 0.593. The fourth-order valence-electron chi connectivity index (χ4n) is 1.95. The molecule has 0 saturated heterocycles. The van der Waals surface area contributed by atoms with Gasteiger partial charge in [-0.2, -0.15) is 0 Å². The molecule has 1 aromatic rings. The molecule has 0 radical (unpaired) electrons. The van der Waals surface area contributed by atoms with Gasteiger partial charge in [0.2, 0.25) is 0 Å². The third-order valence-electron chi connectivity index (χ3n) is 3.30. The number of unbranched alkanes of at least 4 members (excludes halogenated alkanes) is 1. The third kappa shape index (κ3) is 4.99. The molecule has 0 amide bonds. The van der Waals surface area contributed by atoms with E-state index in [1.54, 1.807) is 0 Å². The van der Waals surface area contributed by atoms with Gasteiger partial charge < -0.3 is 10.5 Å². The van der Waals surface area contributed by atoms with Crippen LogP contribution in [0.3, 0.4) is 0 Å². The Bertz CT molecular complexity index is 334. The molecule has 0 heterocycles. The zero-order valence-corrected chi connectivity index (χ0v) is 13.0. The van der Waals surface area contributed by atoms with Gasteiger partial charge in [0, 0.05) is 22.3 Å². The monoisotopic (exact) mass is 313 g/mol. The van der Waals surface area contributed by atoms with Gasteiger partial charge in [-0.3, -0.25) is 0 Å². The topological polar surface area (TPSA) is 35.2 Å². The van der Waals surface area contributed by atoms with Crippen LogP contribution in [0.5, 0.6) is 0 Å². The number of nitrogens with two attached hydrogens (primary N) is 1. The van der Waals surface area contributed by atoms with Crippen LogP contribution < -0.4 is 5.73 Å². The van der Waals surface area contributed by atoms with Crippen molar-refractivity contribution in [1.29, 1.82) is 0 Å². The van der Waals surface area contributed by atoms with Crippen LogP contribution in [0.25, 0.3) is 0 Å². The fraction of sp³-hybridized carbons (Fsp3) is 0.600. The first-order chi connectivity index (χ1) is 8.69. The summed E-state index contributed by atoms with van der Waals surface area (Å²) in [5, 5.41) is 0. The lowest BCUT2D eigenvalue weighted by atomic mass is 10.0. The van der Waals surface area contributed by atoms with E-state index < -0.39 is 0 Å². The van der Waals surface area contributed by atoms with Crippen LogP contribution in [-0.4, -0.2) is 6.61 Å². The van der Waals surface area contributed by atoms with E-state index in [4.69, 9.17) is 10.5 Å². The molecule has 0 bridgehead atoms. The van der Waals surface area contributed by atoms with Crippen molar-refractivity contribution >= 4 is 21.6 Å². The Labute approximate surface area is 119 Å². The second-order valence-corrected chi connectivity index (χ2v) is 5.59. The molecule has 0 spiro atoms. The van der Waals surface area contributed by atoms with E-state index in [0.717, 1.165) is 22.3 Å². The maximum atomic E-state index is 5.94. The summed E-state index contributed by atoms with van der Waals surface area (Å²) >= 11 is 3.51. The Morgan fingerprint density at radius 1 is 1.33 bits per heavy atom. The summed E-state index contributed by atoms with van der Waals surface area (Å²) in [5.41, 5.74) is 7.80. The summed E-state index contributed by atoms with van der Waals surface area (Å²) in [5.74, 6) is 0.675. The van der Waals surface area contributed by atoms with E-state index in [9.17, 15) is 0 Å². The van der Waals surface area contributed by atoms with Crippen LogP contribution in [0.4, 0.5) is 5.69 Å². The molecule has 102 valence electrons. The predicted molar refractivity (Wildman–Crippen MR) is 81.5 cm³/mol. The van der Waals surface area contributed by atoms with Gasteiger partial charge in [-0.05, 0) is 24.5 Å². The van der Waals surface area contributed by atoms with Crippen LogP contribution in [0.15, 0.2) is 22.7 Å². The Morgan fingerprint density at radius 3 is 2.72 bits per heavy atom. The van der Waals surface area contributed by atoms with Gasteiger partial charge in [0.05, 0.1) is 6.61 Å². The van der Waals surface area contributed by atoms with Crippen molar-refractivity contribution in [3.05, 3.63) is 28.2 Å². The van der Waals surface area contributed by atoms with Crippen molar-refractivity contribution in [2.45, 2.75) is 46.1 Å². The molecule has 0 aromatic heterocycles. The van der Waals surface area contributed by atoms with Gasteiger partial charge in [-0.25, -0.2) is 0 Å². The quantitative estimate of drug-likeness (QED) is 0.702. The molecule has 2 N–H and O–H groups in total. The standard InChI is InChI=1S/C15H24BrNO/c1-3-5-7-12(4-2)10-18-11-13-14(16)8-6-9-15(13)17/h6,8-9,12H,3-5,7,10-11,17H2,1-2H3. The second-order valence-electron chi connectivity index (χ2n) is 4.74. The Hall–Kier alpha value is -0.540.